The summed E-state index contributed by atoms with van der Waals surface area (Å²) in [6.07, 6.45) is -0.174. The maximum absolute atomic E-state index is 9.91. The van der Waals surface area contributed by atoms with Gasteiger partial charge in [0.25, 0.3) is 0 Å². The van der Waals surface area contributed by atoms with E-state index < -0.39 is 11.9 Å². The van der Waals surface area contributed by atoms with E-state index >= 15 is 0 Å². The summed E-state index contributed by atoms with van der Waals surface area (Å²) < 4.78 is 0. The predicted molar refractivity (Wildman–Crippen MR) is 29.9 cm³/mol. The fourth-order valence-electron chi connectivity index (χ4n) is 0.434. The molecular formula is C5H10CuO4. The average molecular weight is 198 g/mol. The van der Waals surface area contributed by atoms with Crippen molar-refractivity contribution in [2.75, 3.05) is 13.2 Å². The number of aliphatic hydroxyl groups excluding tert-OH is 2. The SMILES string of the molecule is O=C(O)CC(CO)CO.[Cu]. The molecule has 0 aromatic rings. The molecule has 65 valence electrons. The number of hydrogen-bond donors (Lipinski definition) is 3. The Kier molecular flexibility index (Phi) is 8.83. The molecule has 1 radical (unpaired) electrons. The fraction of sp³-hybridized carbons (Fsp3) is 0.800. The molecule has 10 heavy (non-hydrogen) atoms. The van der Waals surface area contributed by atoms with Gasteiger partial charge in [0.15, 0.2) is 0 Å². The van der Waals surface area contributed by atoms with E-state index in [0.29, 0.717) is 0 Å². The molecule has 0 aliphatic carbocycles. The largest absolute Gasteiger partial charge is 0.481 e. The van der Waals surface area contributed by atoms with Gasteiger partial charge in [0, 0.05) is 36.2 Å². The Morgan fingerprint density at radius 3 is 1.80 bits per heavy atom. The first-order valence-electron chi connectivity index (χ1n) is 2.64. The quantitative estimate of drug-likeness (QED) is 0.509. The van der Waals surface area contributed by atoms with Gasteiger partial charge < -0.3 is 15.3 Å². The van der Waals surface area contributed by atoms with Crippen LogP contribution >= 0.6 is 0 Å². The minimum atomic E-state index is -0.997. The second kappa shape index (κ2) is 7.02. The van der Waals surface area contributed by atoms with Crippen LogP contribution in [-0.4, -0.2) is 34.5 Å². The molecule has 0 amide bonds. The molecule has 0 aliphatic heterocycles. The van der Waals surface area contributed by atoms with Gasteiger partial charge in [0.1, 0.15) is 0 Å². The second-order valence-corrected chi connectivity index (χ2v) is 1.83. The van der Waals surface area contributed by atoms with Crippen LogP contribution in [0.2, 0.25) is 0 Å². The van der Waals surface area contributed by atoms with Crippen LogP contribution in [0.1, 0.15) is 6.42 Å². The predicted octanol–water partition coefficient (Wildman–Crippen LogP) is -0.941. The van der Waals surface area contributed by atoms with Crippen molar-refractivity contribution in [1.82, 2.24) is 0 Å². The van der Waals surface area contributed by atoms with Crippen LogP contribution in [0.3, 0.4) is 0 Å². The molecule has 0 aromatic heterocycles. The number of hydrogen-bond acceptors (Lipinski definition) is 3. The molecule has 0 bridgehead atoms. The molecule has 0 aliphatic rings. The van der Waals surface area contributed by atoms with Crippen LogP contribution in [0.5, 0.6) is 0 Å². The Bertz CT molecular complexity index is 91.6. The molecule has 0 atom stereocenters. The third-order valence-electron chi connectivity index (χ3n) is 0.980. The minimum Gasteiger partial charge on any atom is -0.481 e. The molecule has 0 aromatic carbocycles. The molecule has 0 spiro atoms. The average Bonchev–Trinajstić information content (AvgIpc) is 1.82. The smallest absolute Gasteiger partial charge is 0.303 e. The van der Waals surface area contributed by atoms with Crippen LogP contribution < -0.4 is 0 Å². The van der Waals surface area contributed by atoms with Crippen LogP contribution in [0.25, 0.3) is 0 Å². The maximum atomic E-state index is 9.91. The van der Waals surface area contributed by atoms with Gasteiger partial charge in [0.2, 0.25) is 0 Å². The van der Waals surface area contributed by atoms with Crippen LogP contribution in [-0.2, 0) is 21.9 Å². The fourth-order valence-corrected chi connectivity index (χ4v) is 0.434. The summed E-state index contributed by atoms with van der Waals surface area (Å²) in [6.45, 7) is -0.550. The van der Waals surface area contributed by atoms with Crippen molar-refractivity contribution in [1.29, 1.82) is 0 Å². The van der Waals surface area contributed by atoms with Crippen LogP contribution in [0.15, 0.2) is 0 Å². The van der Waals surface area contributed by atoms with Crippen molar-refractivity contribution in [3.63, 3.8) is 0 Å². The summed E-state index contributed by atoms with van der Waals surface area (Å²) in [7, 11) is 0. The molecule has 0 heterocycles. The van der Waals surface area contributed by atoms with Crippen molar-refractivity contribution in [3.8, 4) is 0 Å². The van der Waals surface area contributed by atoms with Gasteiger partial charge in [-0.3, -0.25) is 4.79 Å². The van der Waals surface area contributed by atoms with E-state index in [1.165, 1.54) is 0 Å². The first kappa shape index (κ1) is 12.6. The summed E-state index contributed by atoms with van der Waals surface area (Å²) >= 11 is 0. The molecular weight excluding hydrogens is 188 g/mol. The third-order valence-corrected chi connectivity index (χ3v) is 0.980. The topological polar surface area (TPSA) is 77.8 Å². The molecule has 0 unspecified atom stereocenters. The van der Waals surface area contributed by atoms with E-state index in [2.05, 4.69) is 0 Å². The standard InChI is InChI=1S/C5H10O4.Cu/c6-2-4(3-7)1-5(8)9;/h4,6-7H,1-3H2,(H,8,9);. The number of aliphatic carboxylic acids is 1. The van der Waals surface area contributed by atoms with Gasteiger partial charge in [-0.2, -0.15) is 0 Å². The van der Waals surface area contributed by atoms with Gasteiger partial charge in [-0.1, -0.05) is 0 Å². The van der Waals surface area contributed by atoms with Gasteiger partial charge in [-0.25, -0.2) is 0 Å². The molecule has 0 saturated heterocycles. The number of carbonyl (C=O) groups is 1. The van der Waals surface area contributed by atoms with Crippen molar-refractivity contribution in [3.05, 3.63) is 0 Å². The van der Waals surface area contributed by atoms with E-state index in [-0.39, 0.29) is 36.7 Å². The summed E-state index contributed by atoms with van der Waals surface area (Å²) in [5.41, 5.74) is 0. The van der Waals surface area contributed by atoms with Crippen molar-refractivity contribution in [2.45, 2.75) is 6.42 Å². The first-order valence-corrected chi connectivity index (χ1v) is 2.64. The monoisotopic (exact) mass is 197 g/mol. The Morgan fingerprint density at radius 1 is 1.30 bits per heavy atom. The van der Waals surface area contributed by atoms with Gasteiger partial charge in [0.05, 0.1) is 6.42 Å². The second-order valence-electron chi connectivity index (χ2n) is 1.83. The zero-order chi connectivity index (χ0) is 7.28. The normalized spacial score (nSPS) is 9.10. The summed E-state index contributed by atoms with van der Waals surface area (Å²) in [6, 6.07) is 0. The molecule has 0 fully saturated rings. The molecule has 3 N–H and O–H groups in total. The summed E-state index contributed by atoms with van der Waals surface area (Å²) in [5.74, 6) is -1.51. The molecule has 0 saturated carbocycles. The summed E-state index contributed by atoms with van der Waals surface area (Å²) in [5, 5.41) is 24.8. The van der Waals surface area contributed by atoms with Gasteiger partial charge in [-0.05, 0) is 0 Å². The Hall–Kier alpha value is -0.0905. The molecule has 4 nitrogen and oxygen atoms in total. The van der Waals surface area contributed by atoms with E-state index in [9.17, 15) is 4.79 Å². The number of carboxylic acid groups (broad SMARTS) is 1. The Labute approximate surface area is 69.3 Å². The zero-order valence-corrected chi connectivity index (χ0v) is 6.19. The number of rotatable bonds is 4. The third kappa shape index (κ3) is 6.04. The van der Waals surface area contributed by atoms with E-state index in [1.807, 2.05) is 0 Å². The van der Waals surface area contributed by atoms with E-state index in [4.69, 9.17) is 15.3 Å². The van der Waals surface area contributed by atoms with Crippen molar-refractivity contribution < 1.29 is 37.2 Å². The maximum Gasteiger partial charge on any atom is 0.303 e. The Balaban J connectivity index is 0. The van der Waals surface area contributed by atoms with Gasteiger partial charge in [-0.15, -0.1) is 0 Å². The summed E-state index contributed by atoms with van der Waals surface area (Å²) in [4.78, 5) is 9.91. The van der Waals surface area contributed by atoms with Crippen molar-refractivity contribution in [2.24, 2.45) is 5.92 Å². The zero-order valence-electron chi connectivity index (χ0n) is 5.25. The van der Waals surface area contributed by atoms with E-state index in [1.54, 1.807) is 0 Å². The van der Waals surface area contributed by atoms with E-state index in [0.717, 1.165) is 0 Å². The molecule has 5 heteroatoms. The molecule has 0 rings (SSSR count). The first-order chi connectivity index (χ1) is 4.20. The van der Waals surface area contributed by atoms with Crippen LogP contribution in [0, 0.1) is 5.92 Å². The number of aliphatic hydroxyl groups is 2. The van der Waals surface area contributed by atoms with Gasteiger partial charge >= 0.3 is 5.97 Å². The van der Waals surface area contributed by atoms with Crippen LogP contribution in [0.4, 0.5) is 0 Å². The minimum absolute atomic E-state index is 0. The Morgan fingerprint density at radius 2 is 1.70 bits per heavy atom. The van der Waals surface area contributed by atoms with Crippen molar-refractivity contribution >= 4 is 5.97 Å². The number of carboxylic acids is 1.